The molecule has 0 aromatic heterocycles. The van der Waals surface area contributed by atoms with E-state index < -0.39 is 6.10 Å². The summed E-state index contributed by atoms with van der Waals surface area (Å²) >= 11 is 0. The van der Waals surface area contributed by atoms with Gasteiger partial charge in [0.15, 0.2) is 0 Å². The Morgan fingerprint density at radius 1 is 1.47 bits per heavy atom. The van der Waals surface area contributed by atoms with Crippen molar-refractivity contribution in [3.05, 3.63) is 29.6 Å². The van der Waals surface area contributed by atoms with Crippen LogP contribution in [-0.2, 0) is 0 Å². The lowest BCUT2D eigenvalue weighted by Crippen LogP contribution is -2.19. The number of halogens is 1. The lowest BCUT2D eigenvalue weighted by molar-refractivity contribution is 0.199. The van der Waals surface area contributed by atoms with Gasteiger partial charge in [0.1, 0.15) is 5.82 Å². The molecule has 1 N–H and O–H groups in total. The number of nitrogens with zero attached hydrogens (tertiary/aromatic N) is 1. The van der Waals surface area contributed by atoms with Gasteiger partial charge in [-0.1, -0.05) is 13.0 Å². The SMILES string of the molecule is CCCN(C)c1ccc([C@@H](C)O)cc1F. The molecule has 0 bridgehead atoms. The van der Waals surface area contributed by atoms with Gasteiger partial charge < -0.3 is 10.0 Å². The Hall–Kier alpha value is -1.09. The van der Waals surface area contributed by atoms with Crippen LogP contribution < -0.4 is 4.90 Å². The lowest BCUT2D eigenvalue weighted by atomic mass is 10.1. The largest absolute Gasteiger partial charge is 0.389 e. The van der Waals surface area contributed by atoms with Crippen LogP contribution in [0.2, 0.25) is 0 Å². The quantitative estimate of drug-likeness (QED) is 0.827. The summed E-state index contributed by atoms with van der Waals surface area (Å²) < 4.78 is 13.6. The number of hydrogen-bond donors (Lipinski definition) is 1. The highest BCUT2D eigenvalue weighted by atomic mass is 19.1. The van der Waals surface area contributed by atoms with Crippen LogP contribution in [0, 0.1) is 5.82 Å². The maximum atomic E-state index is 13.6. The second-order valence-corrected chi connectivity index (χ2v) is 3.81. The van der Waals surface area contributed by atoms with Gasteiger partial charge in [-0.3, -0.25) is 0 Å². The molecular weight excluding hydrogens is 193 g/mol. The summed E-state index contributed by atoms with van der Waals surface area (Å²) in [6, 6.07) is 4.87. The molecule has 0 amide bonds. The Morgan fingerprint density at radius 3 is 2.60 bits per heavy atom. The van der Waals surface area contributed by atoms with E-state index in [1.807, 2.05) is 11.9 Å². The van der Waals surface area contributed by atoms with Crippen molar-refractivity contribution < 1.29 is 9.50 Å². The molecule has 2 nitrogen and oxygen atoms in total. The number of rotatable bonds is 4. The Morgan fingerprint density at radius 2 is 2.13 bits per heavy atom. The summed E-state index contributed by atoms with van der Waals surface area (Å²) in [5.41, 5.74) is 1.20. The molecular formula is C12H18FNO. The molecule has 0 aliphatic heterocycles. The highest BCUT2D eigenvalue weighted by Gasteiger charge is 2.09. The van der Waals surface area contributed by atoms with Gasteiger partial charge in [0.05, 0.1) is 11.8 Å². The van der Waals surface area contributed by atoms with Gasteiger partial charge in [-0.25, -0.2) is 4.39 Å². The standard InChI is InChI=1S/C12H18FNO/c1-4-7-14(3)12-6-5-10(9(2)15)8-11(12)13/h5-6,8-9,15H,4,7H2,1-3H3/t9-/m1/s1. The van der Waals surface area contributed by atoms with E-state index in [2.05, 4.69) is 6.92 Å². The molecule has 1 aromatic rings. The maximum Gasteiger partial charge on any atom is 0.146 e. The van der Waals surface area contributed by atoms with E-state index in [0.717, 1.165) is 13.0 Å². The first-order valence-electron chi connectivity index (χ1n) is 5.25. The normalized spacial score (nSPS) is 12.6. The van der Waals surface area contributed by atoms with Crippen molar-refractivity contribution in [2.45, 2.75) is 26.4 Å². The summed E-state index contributed by atoms with van der Waals surface area (Å²) in [5.74, 6) is -0.274. The van der Waals surface area contributed by atoms with Gasteiger partial charge in [-0.2, -0.15) is 0 Å². The summed E-state index contributed by atoms with van der Waals surface area (Å²) in [6.07, 6.45) is 0.360. The third kappa shape index (κ3) is 2.93. The Bertz CT molecular complexity index is 325. The summed E-state index contributed by atoms with van der Waals surface area (Å²) in [6.45, 7) is 4.51. The van der Waals surface area contributed by atoms with E-state index >= 15 is 0 Å². The van der Waals surface area contributed by atoms with Crippen molar-refractivity contribution in [3.63, 3.8) is 0 Å². The third-order valence-corrected chi connectivity index (χ3v) is 2.42. The fourth-order valence-corrected chi connectivity index (χ4v) is 1.55. The molecule has 1 atom stereocenters. The lowest BCUT2D eigenvalue weighted by Gasteiger charge is -2.19. The van der Waals surface area contributed by atoms with Crippen LogP contribution in [0.3, 0.4) is 0 Å². The van der Waals surface area contributed by atoms with E-state index in [1.165, 1.54) is 6.07 Å². The van der Waals surface area contributed by atoms with Crippen LogP contribution in [-0.4, -0.2) is 18.7 Å². The molecule has 0 heterocycles. The minimum absolute atomic E-state index is 0.274. The molecule has 0 aliphatic carbocycles. The van der Waals surface area contributed by atoms with Crippen LogP contribution in [0.4, 0.5) is 10.1 Å². The number of aliphatic hydroxyl groups excluding tert-OH is 1. The summed E-state index contributed by atoms with van der Waals surface area (Å²) in [7, 11) is 1.87. The van der Waals surface area contributed by atoms with Gasteiger partial charge in [0, 0.05) is 13.6 Å². The minimum Gasteiger partial charge on any atom is -0.389 e. The third-order valence-electron chi connectivity index (χ3n) is 2.42. The molecule has 0 radical (unpaired) electrons. The predicted molar refractivity (Wildman–Crippen MR) is 60.6 cm³/mol. The highest BCUT2D eigenvalue weighted by molar-refractivity contribution is 5.48. The average Bonchev–Trinajstić information content (AvgIpc) is 2.17. The van der Waals surface area contributed by atoms with Crippen LogP contribution >= 0.6 is 0 Å². The molecule has 0 aliphatic rings. The molecule has 1 rings (SSSR count). The number of aliphatic hydroxyl groups is 1. The van der Waals surface area contributed by atoms with Crippen molar-refractivity contribution >= 4 is 5.69 Å². The van der Waals surface area contributed by atoms with Crippen molar-refractivity contribution in [3.8, 4) is 0 Å². The zero-order chi connectivity index (χ0) is 11.4. The van der Waals surface area contributed by atoms with Crippen molar-refractivity contribution in [2.24, 2.45) is 0 Å². The molecule has 0 unspecified atom stereocenters. The van der Waals surface area contributed by atoms with Crippen molar-refractivity contribution in [1.29, 1.82) is 0 Å². The fraction of sp³-hybridized carbons (Fsp3) is 0.500. The molecule has 0 fully saturated rings. The molecule has 84 valence electrons. The maximum absolute atomic E-state index is 13.6. The zero-order valence-electron chi connectivity index (χ0n) is 9.50. The van der Waals surface area contributed by atoms with Crippen LogP contribution in [0.15, 0.2) is 18.2 Å². The van der Waals surface area contributed by atoms with E-state index in [-0.39, 0.29) is 5.82 Å². The van der Waals surface area contributed by atoms with E-state index in [0.29, 0.717) is 11.3 Å². The molecule has 0 saturated carbocycles. The van der Waals surface area contributed by atoms with Gasteiger partial charge >= 0.3 is 0 Å². The first-order chi connectivity index (χ1) is 7.06. The molecule has 0 saturated heterocycles. The monoisotopic (exact) mass is 211 g/mol. The number of anilines is 1. The van der Waals surface area contributed by atoms with Gasteiger partial charge in [0.25, 0.3) is 0 Å². The van der Waals surface area contributed by atoms with Crippen molar-refractivity contribution in [1.82, 2.24) is 0 Å². The van der Waals surface area contributed by atoms with Crippen LogP contribution in [0.5, 0.6) is 0 Å². The average molecular weight is 211 g/mol. The second-order valence-electron chi connectivity index (χ2n) is 3.81. The Labute approximate surface area is 90.3 Å². The zero-order valence-corrected chi connectivity index (χ0v) is 9.50. The molecule has 15 heavy (non-hydrogen) atoms. The van der Waals surface area contributed by atoms with Crippen LogP contribution in [0.1, 0.15) is 31.9 Å². The van der Waals surface area contributed by atoms with E-state index in [1.54, 1.807) is 19.1 Å². The molecule has 1 aromatic carbocycles. The number of hydrogen-bond acceptors (Lipinski definition) is 2. The van der Waals surface area contributed by atoms with Crippen molar-refractivity contribution in [2.75, 3.05) is 18.5 Å². The highest BCUT2D eigenvalue weighted by Crippen LogP contribution is 2.22. The second kappa shape index (κ2) is 5.12. The Kier molecular flexibility index (Phi) is 4.09. The van der Waals surface area contributed by atoms with Gasteiger partial charge in [0.2, 0.25) is 0 Å². The minimum atomic E-state index is -0.620. The molecule has 3 heteroatoms. The summed E-state index contributed by atoms with van der Waals surface area (Å²) in [5, 5.41) is 9.30. The van der Waals surface area contributed by atoms with Gasteiger partial charge in [-0.15, -0.1) is 0 Å². The first-order valence-corrected chi connectivity index (χ1v) is 5.25. The van der Waals surface area contributed by atoms with Gasteiger partial charge in [-0.05, 0) is 31.0 Å². The fourth-order valence-electron chi connectivity index (χ4n) is 1.55. The van der Waals surface area contributed by atoms with E-state index in [9.17, 15) is 9.50 Å². The Balaban J connectivity index is 2.92. The topological polar surface area (TPSA) is 23.5 Å². The first kappa shape index (κ1) is 12.0. The smallest absolute Gasteiger partial charge is 0.146 e. The van der Waals surface area contributed by atoms with Crippen LogP contribution in [0.25, 0.3) is 0 Å². The number of benzene rings is 1. The van der Waals surface area contributed by atoms with E-state index in [4.69, 9.17) is 0 Å². The predicted octanol–water partition coefficient (Wildman–Crippen LogP) is 2.73. The summed E-state index contributed by atoms with van der Waals surface area (Å²) in [4.78, 5) is 1.88. The molecule has 0 spiro atoms.